The summed E-state index contributed by atoms with van der Waals surface area (Å²) in [6, 6.07) is 8.16. The van der Waals surface area contributed by atoms with Crippen molar-refractivity contribution in [2.24, 2.45) is 0 Å². The molecule has 6 nitrogen and oxygen atoms in total. The molecule has 0 spiro atoms. The zero-order valence-corrected chi connectivity index (χ0v) is 15.3. The lowest BCUT2D eigenvalue weighted by molar-refractivity contribution is 0.0934. The summed E-state index contributed by atoms with van der Waals surface area (Å²) in [6.07, 6.45) is 6.86. The van der Waals surface area contributed by atoms with Gasteiger partial charge in [-0.2, -0.15) is 5.10 Å². The van der Waals surface area contributed by atoms with Gasteiger partial charge in [0.25, 0.3) is 5.91 Å². The first-order valence-electron chi connectivity index (χ1n) is 9.19. The Bertz CT molecular complexity index is 923. The number of aryl methyl sites for hydroxylation is 1. The fraction of sp³-hybridized carbons (Fsp3) is 0.400. The van der Waals surface area contributed by atoms with E-state index >= 15 is 0 Å². The maximum atomic E-state index is 13.0. The van der Waals surface area contributed by atoms with Gasteiger partial charge in [0.1, 0.15) is 0 Å². The minimum Gasteiger partial charge on any atom is -0.345 e. The number of amides is 1. The minimum atomic E-state index is -0.0103. The van der Waals surface area contributed by atoms with Crippen LogP contribution in [-0.4, -0.2) is 46.2 Å². The second-order valence-corrected chi connectivity index (χ2v) is 7.28. The lowest BCUT2D eigenvalue weighted by atomic mass is 9.93. The molecule has 26 heavy (non-hydrogen) atoms. The predicted octanol–water partition coefficient (Wildman–Crippen LogP) is 2.73. The number of carbonyl (C=O) groups is 1. The maximum Gasteiger partial charge on any atom is 0.253 e. The number of aromatic amines is 1. The van der Waals surface area contributed by atoms with Crippen molar-refractivity contribution in [3.05, 3.63) is 53.5 Å². The first-order valence-corrected chi connectivity index (χ1v) is 9.19. The lowest BCUT2D eigenvalue weighted by Gasteiger charge is -2.22. The monoisotopic (exact) mass is 351 g/mol. The van der Waals surface area contributed by atoms with Crippen LogP contribution in [0.25, 0.3) is 10.9 Å². The number of likely N-dealkylation sites (N-methyl/N-ethyl adjacent to an activating group) is 1. The third-order valence-electron chi connectivity index (χ3n) is 5.17. The summed E-state index contributed by atoms with van der Waals surface area (Å²) >= 11 is 0. The lowest BCUT2D eigenvalue weighted by Crippen LogP contribution is -2.30. The molecule has 6 heteroatoms. The average Bonchev–Trinajstić information content (AvgIpc) is 3.25. The number of benzene rings is 1. The van der Waals surface area contributed by atoms with Crippen molar-refractivity contribution in [1.29, 1.82) is 0 Å². The van der Waals surface area contributed by atoms with Gasteiger partial charge in [-0.15, -0.1) is 0 Å². The highest BCUT2D eigenvalue weighted by atomic mass is 16.1. The van der Waals surface area contributed by atoms with Gasteiger partial charge in [-0.05, 0) is 39.4 Å². The first-order chi connectivity index (χ1) is 12.6. The van der Waals surface area contributed by atoms with Crippen LogP contribution in [-0.2, 0) is 13.0 Å². The zero-order chi connectivity index (χ0) is 18.1. The number of nitrogens with one attached hydrogen (secondary N) is 2. The molecule has 136 valence electrons. The van der Waals surface area contributed by atoms with Crippen molar-refractivity contribution in [1.82, 2.24) is 25.0 Å². The van der Waals surface area contributed by atoms with Crippen molar-refractivity contribution < 1.29 is 4.79 Å². The Labute approximate surface area is 153 Å². The van der Waals surface area contributed by atoms with E-state index in [1.165, 1.54) is 0 Å². The van der Waals surface area contributed by atoms with Crippen LogP contribution in [0.4, 0.5) is 0 Å². The molecule has 1 aliphatic carbocycles. The van der Waals surface area contributed by atoms with Crippen LogP contribution in [0.2, 0.25) is 0 Å². The van der Waals surface area contributed by atoms with Crippen LogP contribution in [0.15, 0.2) is 36.7 Å². The van der Waals surface area contributed by atoms with Crippen LogP contribution in [0.1, 0.15) is 40.5 Å². The topological polar surface area (TPSA) is 66.0 Å². The van der Waals surface area contributed by atoms with Gasteiger partial charge >= 0.3 is 0 Å². The van der Waals surface area contributed by atoms with Crippen LogP contribution in [0, 0.1) is 0 Å². The van der Waals surface area contributed by atoms with E-state index in [-0.39, 0.29) is 11.9 Å². The molecule has 2 N–H and O–H groups in total. The number of fused-ring (bicyclic) bond motifs is 2. The third-order valence-corrected chi connectivity index (χ3v) is 5.17. The Morgan fingerprint density at radius 3 is 3.08 bits per heavy atom. The van der Waals surface area contributed by atoms with Gasteiger partial charge in [-0.1, -0.05) is 18.2 Å². The highest BCUT2D eigenvalue weighted by Crippen LogP contribution is 2.29. The molecular formula is C20H25N5O. The normalized spacial score (nSPS) is 16.8. The summed E-state index contributed by atoms with van der Waals surface area (Å²) in [4.78, 5) is 15.2. The van der Waals surface area contributed by atoms with E-state index in [9.17, 15) is 4.79 Å². The van der Waals surface area contributed by atoms with Crippen LogP contribution >= 0.6 is 0 Å². The maximum absolute atomic E-state index is 13.0. The van der Waals surface area contributed by atoms with Crippen LogP contribution < -0.4 is 5.32 Å². The highest BCUT2D eigenvalue weighted by molar-refractivity contribution is 6.07. The molecular weight excluding hydrogens is 326 g/mol. The van der Waals surface area contributed by atoms with Gasteiger partial charge in [-0.25, -0.2) is 0 Å². The Hall–Kier alpha value is -2.60. The second-order valence-electron chi connectivity index (χ2n) is 7.28. The molecule has 1 unspecified atom stereocenters. The number of carbonyl (C=O) groups excluding carboxylic acids is 1. The van der Waals surface area contributed by atoms with Gasteiger partial charge < -0.3 is 14.8 Å². The van der Waals surface area contributed by atoms with Gasteiger partial charge in [-0.3, -0.25) is 9.89 Å². The Balaban J connectivity index is 1.61. The van der Waals surface area contributed by atoms with E-state index in [0.29, 0.717) is 0 Å². The van der Waals surface area contributed by atoms with E-state index in [1.54, 1.807) is 0 Å². The zero-order valence-electron chi connectivity index (χ0n) is 15.3. The van der Waals surface area contributed by atoms with E-state index < -0.39 is 0 Å². The molecule has 0 bridgehead atoms. The SMILES string of the molecule is CN(C)CCn1cc(C(=O)NC2CCCc3[nH]ncc32)c2ccccc21. The van der Waals surface area contributed by atoms with E-state index in [1.807, 2.05) is 30.6 Å². The summed E-state index contributed by atoms with van der Waals surface area (Å²) in [5.41, 5.74) is 4.12. The smallest absolute Gasteiger partial charge is 0.253 e. The van der Waals surface area contributed by atoms with E-state index in [0.717, 1.165) is 60.1 Å². The Morgan fingerprint density at radius 1 is 1.38 bits per heavy atom. The molecule has 1 atom stereocenters. The molecule has 2 aromatic heterocycles. The summed E-state index contributed by atoms with van der Waals surface area (Å²) in [7, 11) is 4.12. The Kier molecular flexibility index (Phi) is 4.51. The van der Waals surface area contributed by atoms with Gasteiger partial charge in [0.15, 0.2) is 0 Å². The van der Waals surface area contributed by atoms with Crippen molar-refractivity contribution in [3.8, 4) is 0 Å². The fourth-order valence-electron chi connectivity index (χ4n) is 3.77. The molecule has 0 radical (unpaired) electrons. The number of para-hydroxylation sites is 1. The highest BCUT2D eigenvalue weighted by Gasteiger charge is 2.25. The molecule has 1 amide bonds. The number of aromatic nitrogens is 3. The first kappa shape index (κ1) is 16.8. The molecule has 0 saturated carbocycles. The largest absolute Gasteiger partial charge is 0.345 e. The molecule has 1 aromatic carbocycles. The van der Waals surface area contributed by atoms with Crippen molar-refractivity contribution in [2.45, 2.75) is 31.8 Å². The van der Waals surface area contributed by atoms with Crippen molar-refractivity contribution >= 4 is 16.8 Å². The van der Waals surface area contributed by atoms with Crippen LogP contribution in [0.3, 0.4) is 0 Å². The van der Waals surface area contributed by atoms with E-state index in [2.05, 4.69) is 45.1 Å². The van der Waals surface area contributed by atoms with Crippen molar-refractivity contribution in [3.63, 3.8) is 0 Å². The molecule has 1 aliphatic rings. The van der Waals surface area contributed by atoms with E-state index in [4.69, 9.17) is 0 Å². The molecule has 4 rings (SSSR count). The molecule has 0 aliphatic heterocycles. The average molecular weight is 351 g/mol. The Morgan fingerprint density at radius 2 is 2.23 bits per heavy atom. The quantitative estimate of drug-likeness (QED) is 0.743. The molecule has 0 saturated heterocycles. The summed E-state index contributed by atoms with van der Waals surface area (Å²) in [6.45, 7) is 1.79. The fourth-order valence-corrected chi connectivity index (χ4v) is 3.77. The van der Waals surface area contributed by atoms with Gasteiger partial charge in [0.05, 0.1) is 17.8 Å². The molecule has 3 aromatic rings. The minimum absolute atomic E-state index is 0.0103. The molecule has 2 heterocycles. The number of hydrogen-bond donors (Lipinski definition) is 2. The standard InChI is InChI=1S/C20H25N5O/c1-24(2)10-11-25-13-16(14-6-3-4-9-19(14)25)20(26)22-17-7-5-8-18-15(17)12-21-23-18/h3-4,6,9,12-13,17H,5,7-8,10-11H2,1-2H3,(H,21,23)(H,22,26). The number of rotatable bonds is 5. The number of H-pyrrole nitrogens is 1. The summed E-state index contributed by atoms with van der Waals surface area (Å²) < 4.78 is 2.17. The second kappa shape index (κ2) is 6.96. The van der Waals surface area contributed by atoms with Crippen molar-refractivity contribution in [2.75, 3.05) is 20.6 Å². The number of nitrogens with zero attached hydrogens (tertiary/aromatic N) is 3. The molecule has 0 fully saturated rings. The summed E-state index contributed by atoms with van der Waals surface area (Å²) in [5, 5.41) is 11.4. The number of hydrogen-bond acceptors (Lipinski definition) is 3. The predicted molar refractivity (Wildman–Crippen MR) is 102 cm³/mol. The third kappa shape index (κ3) is 3.12. The van der Waals surface area contributed by atoms with Crippen LogP contribution in [0.5, 0.6) is 0 Å². The van der Waals surface area contributed by atoms with Gasteiger partial charge in [0, 0.05) is 41.4 Å². The van der Waals surface area contributed by atoms with Gasteiger partial charge in [0.2, 0.25) is 0 Å². The summed E-state index contributed by atoms with van der Waals surface area (Å²) in [5.74, 6) is -0.0103.